The monoisotopic (exact) mass is 981 g/mol. The van der Waals surface area contributed by atoms with Gasteiger partial charge in [0, 0.05) is 64.2 Å². The number of unbranched alkanes of at least 4 members (excludes halogenated alkanes) is 1. The second-order valence-electron chi connectivity index (χ2n) is 20.8. The molecule has 0 spiro atoms. The number of aliphatic hydroxyl groups is 2. The van der Waals surface area contributed by atoms with Gasteiger partial charge >= 0.3 is 5.97 Å². The van der Waals surface area contributed by atoms with Crippen molar-refractivity contribution in [3.05, 3.63) is 53.1 Å². The van der Waals surface area contributed by atoms with Gasteiger partial charge in [-0.05, 0) is 120 Å². The normalized spacial score (nSPS) is 35.5. The van der Waals surface area contributed by atoms with E-state index >= 15 is 0 Å². The lowest BCUT2D eigenvalue weighted by atomic mass is 9.81. The largest absolute Gasteiger partial charge is 0.456 e. The minimum atomic E-state index is -2.52. The molecule has 1 aromatic rings. The zero-order valence-electron chi connectivity index (χ0n) is 43.6. The van der Waals surface area contributed by atoms with Crippen LogP contribution in [0.1, 0.15) is 144 Å². The lowest BCUT2D eigenvalue weighted by Crippen LogP contribution is -2.64. The van der Waals surface area contributed by atoms with E-state index in [4.69, 9.17) is 28.4 Å². The predicted molar refractivity (Wildman–Crippen MR) is 265 cm³/mol. The molecular weight excluding hydrogens is 897 g/mol. The van der Waals surface area contributed by atoms with Gasteiger partial charge in [0.05, 0.1) is 37.1 Å². The topological polar surface area (TPSA) is 196 Å². The number of ketones is 2. The summed E-state index contributed by atoms with van der Waals surface area (Å²) in [6.45, 7) is 13.7. The number of carbonyl (C=O) groups is 5. The van der Waals surface area contributed by atoms with E-state index in [1.165, 1.54) is 19.1 Å². The highest BCUT2D eigenvalue weighted by molar-refractivity contribution is 6.39. The van der Waals surface area contributed by atoms with Crippen molar-refractivity contribution in [1.82, 2.24) is 4.90 Å². The lowest BCUT2D eigenvalue weighted by Gasteiger charge is -2.47. The van der Waals surface area contributed by atoms with E-state index in [9.17, 15) is 34.2 Å². The van der Waals surface area contributed by atoms with Crippen molar-refractivity contribution in [3.8, 4) is 0 Å². The Morgan fingerprint density at radius 2 is 1.64 bits per heavy atom. The van der Waals surface area contributed by atoms with Crippen molar-refractivity contribution in [2.24, 2.45) is 29.6 Å². The van der Waals surface area contributed by atoms with Crippen molar-refractivity contribution < 1.29 is 62.6 Å². The molecule has 3 aliphatic heterocycles. The number of rotatable bonds is 13. The second-order valence-corrected chi connectivity index (χ2v) is 20.8. The number of hydrogen-bond donors (Lipinski definition) is 3. The Kier molecular flexibility index (Phi) is 21.8. The van der Waals surface area contributed by atoms with E-state index in [0.29, 0.717) is 63.5 Å². The first-order valence-electron chi connectivity index (χ1n) is 26.0. The fourth-order valence-electron chi connectivity index (χ4n) is 11.1. The van der Waals surface area contributed by atoms with Crippen molar-refractivity contribution in [2.45, 2.75) is 200 Å². The number of nitrogens with zero attached hydrogens (tertiary/aromatic N) is 1. The number of amides is 2. The fourth-order valence-corrected chi connectivity index (χ4v) is 11.1. The van der Waals surface area contributed by atoms with E-state index < -0.39 is 77.8 Å². The standard InChI is InChI=1S/C55H84N2O13/c1-11-13-20-49(60)56-41-18-16-17-39(29-41)32-68-45-22-21-38(30-46(45)65-8)27-35(5)50-37(7)43(58)31-44(59)40(12-2)25-33(3)24-34(4)26-47(66-9)51-48(67-10)28-36(6)55(64,70-51)52(61)53(62)57-23-15-14-19-42(57)54(63)69-50/h16-18,25,27,29,34,36-38,40,42-43,45-48,50-51,58,64H,11-15,19-24,26,28,30-32H2,1-10H3,(H,56,60)/b33-25+,35-27?. The average Bonchev–Trinajstić information content (AvgIpc) is 3.34. The Bertz CT molecular complexity index is 1990. The molecule has 2 saturated heterocycles. The van der Waals surface area contributed by atoms with E-state index in [2.05, 4.69) is 25.2 Å². The van der Waals surface area contributed by atoms with Crippen LogP contribution in [0.3, 0.4) is 0 Å². The van der Waals surface area contributed by atoms with Crippen LogP contribution in [0.2, 0.25) is 0 Å². The van der Waals surface area contributed by atoms with Gasteiger partial charge in [-0.25, -0.2) is 4.79 Å². The smallest absolute Gasteiger partial charge is 0.329 e. The molecule has 14 atom stereocenters. The van der Waals surface area contributed by atoms with Crippen LogP contribution in [0.25, 0.3) is 0 Å². The van der Waals surface area contributed by atoms with Crippen LogP contribution in [-0.2, 0) is 59.0 Å². The number of anilines is 1. The summed E-state index contributed by atoms with van der Waals surface area (Å²) < 4.78 is 36.9. The van der Waals surface area contributed by atoms with E-state index in [1.54, 1.807) is 21.0 Å². The van der Waals surface area contributed by atoms with Gasteiger partial charge in [-0.3, -0.25) is 19.2 Å². The van der Waals surface area contributed by atoms with Crippen molar-refractivity contribution >= 4 is 35.0 Å². The third kappa shape index (κ3) is 14.7. The van der Waals surface area contributed by atoms with Crippen LogP contribution >= 0.6 is 0 Å². The summed E-state index contributed by atoms with van der Waals surface area (Å²) in [5.41, 5.74) is 3.32. The van der Waals surface area contributed by atoms with Crippen LogP contribution < -0.4 is 5.32 Å². The molecule has 0 aromatic heterocycles. The Balaban J connectivity index is 1.42. The van der Waals surface area contributed by atoms with E-state index in [0.717, 1.165) is 36.1 Å². The molecule has 70 heavy (non-hydrogen) atoms. The van der Waals surface area contributed by atoms with Gasteiger partial charge in [-0.2, -0.15) is 0 Å². The highest BCUT2D eigenvalue weighted by atomic mass is 16.7. The molecule has 2 bridgehead atoms. The van der Waals surface area contributed by atoms with Crippen LogP contribution in [0, 0.1) is 29.6 Å². The number of cyclic esters (lactones) is 1. The first-order valence-corrected chi connectivity index (χ1v) is 26.0. The number of Topliss-reactive ketones (excluding diaryl/α,β-unsaturated/α-hetero) is 2. The number of methoxy groups -OCH3 is 3. The molecular formula is C55H84N2O13. The molecule has 15 heteroatoms. The molecule has 14 unspecified atom stereocenters. The Hall–Kier alpha value is -3.83. The zero-order valence-corrected chi connectivity index (χ0v) is 43.6. The average molecular weight is 981 g/mol. The Morgan fingerprint density at radius 1 is 0.929 bits per heavy atom. The van der Waals surface area contributed by atoms with Crippen LogP contribution in [0.15, 0.2) is 47.6 Å². The summed E-state index contributed by atoms with van der Waals surface area (Å²) in [5, 5.41) is 27.0. The SMILES string of the molecule is CCCCC(=O)Nc1cccc(COC2CCC(C=C(C)C3OC(=O)C4CCCCN4C(=O)C(=O)C4(O)OC(C(OC)CC(C)C/C(C)=C/C(CC)C(=O)CC(O)C3C)C(OC)CC4C)CC2OC)c1. The third-order valence-corrected chi connectivity index (χ3v) is 15.3. The quantitative estimate of drug-likeness (QED) is 0.0984. The Labute approximate surface area is 416 Å². The van der Waals surface area contributed by atoms with Gasteiger partial charge in [0.15, 0.2) is 0 Å². The van der Waals surface area contributed by atoms with Gasteiger partial charge < -0.3 is 48.9 Å². The molecule has 1 saturated carbocycles. The molecule has 3 heterocycles. The number of piperidine rings is 1. The summed E-state index contributed by atoms with van der Waals surface area (Å²) in [6, 6.07) is 6.50. The summed E-state index contributed by atoms with van der Waals surface area (Å²) in [7, 11) is 4.73. The minimum Gasteiger partial charge on any atom is -0.456 e. The highest BCUT2D eigenvalue weighted by Gasteiger charge is 2.56. The fraction of sp³-hybridized carbons (Fsp3) is 0.727. The van der Waals surface area contributed by atoms with Crippen molar-refractivity contribution in [1.29, 1.82) is 0 Å². The predicted octanol–water partition coefficient (Wildman–Crippen LogP) is 7.83. The highest BCUT2D eigenvalue weighted by Crippen LogP contribution is 2.39. The van der Waals surface area contributed by atoms with Gasteiger partial charge in [-0.15, -0.1) is 0 Å². The maximum absolute atomic E-state index is 14.6. The number of nitrogens with one attached hydrogen (secondary N) is 1. The molecule has 3 N–H and O–H groups in total. The summed E-state index contributed by atoms with van der Waals surface area (Å²) >= 11 is 0. The van der Waals surface area contributed by atoms with Crippen LogP contribution in [0.4, 0.5) is 5.69 Å². The van der Waals surface area contributed by atoms with Crippen LogP contribution in [0.5, 0.6) is 0 Å². The molecule has 5 rings (SSSR count). The first-order chi connectivity index (χ1) is 33.4. The number of esters is 1. The van der Waals surface area contributed by atoms with Gasteiger partial charge in [0.25, 0.3) is 11.7 Å². The van der Waals surface area contributed by atoms with Crippen molar-refractivity contribution in [3.63, 3.8) is 0 Å². The lowest BCUT2D eigenvalue weighted by molar-refractivity contribution is -0.302. The molecule has 4 aliphatic rings. The number of carbonyl (C=O) groups excluding carboxylic acids is 5. The van der Waals surface area contributed by atoms with Gasteiger partial charge in [0.1, 0.15) is 24.0 Å². The number of fused-ring (bicyclic) bond motifs is 3. The number of hydrogen-bond acceptors (Lipinski definition) is 13. The van der Waals surface area contributed by atoms with Crippen LogP contribution in [-0.4, -0.2) is 127 Å². The number of ether oxygens (including phenoxy) is 6. The Morgan fingerprint density at radius 3 is 2.33 bits per heavy atom. The third-order valence-electron chi connectivity index (χ3n) is 15.3. The number of aliphatic hydroxyl groups excluding tert-OH is 1. The molecule has 1 aromatic carbocycles. The van der Waals surface area contributed by atoms with Crippen molar-refractivity contribution in [2.75, 3.05) is 33.2 Å². The molecule has 1 aliphatic carbocycles. The number of benzene rings is 1. The summed E-state index contributed by atoms with van der Waals surface area (Å²) in [6.07, 6.45) is 6.59. The maximum Gasteiger partial charge on any atom is 0.329 e. The van der Waals surface area contributed by atoms with E-state index in [1.807, 2.05) is 51.1 Å². The molecule has 2 amide bonds. The molecule has 392 valence electrons. The van der Waals surface area contributed by atoms with Gasteiger partial charge in [0.2, 0.25) is 11.7 Å². The van der Waals surface area contributed by atoms with E-state index in [-0.39, 0.29) is 61.5 Å². The molecule has 15 nitrogen and oxygen atoms in total. The first kappa shape index (κ1) is 57.1. The number of allylic oxidation sites excluding steroid dienone is 3. The van der Waals surface area contributed by atoms with Gasteiger partial charge in [-0.1, -0.05) is 70.9 Å². The minimum absolute atomic E-state index is 0.0101. The summed E-state index contributed by atoms with van der Waals surface area (Å²) in [4.78, 5) is 70.9. The zero-order chi connectivity index (χ0) is 51.3. The summed E-state index contributed by atoms with van der Waals surface area (Å²) in [5.74, 6) is -7.63. The molecule has 0 radical (unpaired) electrons. The maximum atomic E-state index is 14.6. The second kappa shape index (κ2) is 26.7. The molecule has 3 fully saturated rings.